The number of pyridine rings is 1. The average molecular weight is 425 g/mol. The minimum Gasteiger partial charge on any atom is -0.356 e. The molecule has 0 atom stereocenters. The topological polar surface area (TPSA) is 59.1 Å². The number of hydrogen-bond acceptors (Lipinski definition) is 5. The number of aromatic nitrogens is 1. The Morgan fingerprint density at radius 1 is 0.929 bits per heavy atom. The van der Waals surface area contributed by atoms with E-state index >= 15 is 0 Å². The summed E-state index contributed by atoms with van der Waals surface area (Å²) in [6.45, 7) is 3.02. The highest BCUT2D eigenvalue weighted by atomic mass is 33.1. The number of hydrogen-bond donors (Lipinski definition) is 1. The monoisotopic (exact) mass is 424 g/mol. The molecule has 1 amide bonds. The van der Waals surface area contributed by atoms with Crippen molar-refractivity contribution in [3.63, 3.8) is 0 Å². The molecule has 0 bridgehead atoms. The Morgan fingerprint density at radius 2 is 1.68 bits per heavy atom. The minimum atomic E-state index is 0.175. The molecular weight excluding hydrogens is 388 g/mol. The Balaban J connectivity index is 1.85. The summed E-state index contributed by atoms with van der Waals surface area (Å²) >= 11 is 0. The van der Waals surface area contributed by atoms with Gasteiger partial charge in [0, 0.05) is 37.8 Å². The molecule has 0 aromatic carbocycles. The van der Waals surface area contributed by atoms with E-state index in [2.05, 4.69) is 17.2 Å². The third kappa shape index (κ3) is 15.0. The van der Waals surface area contributed by atoms with Gasteiger partial charge in [-0.15, -0.1) is 0 Å². The van der Waals surface area contributed by atoms with E-state index in [4.69, 9.17) is 0 Å². The van der Waals surface area contributed by atoms with Gasteiger partial charge < -0.3 is 5.32 Å². The first-order chi connectivity index (χ1) is 13.7. The predicted molar refractivity (Wildman–Crippen MR) is 122 cm³/mol. The molecule has 0 aliphatic rings. The molecule has 0 aliphatic carbocycles. The number of carbonyl (C=O) groups excluding carboxylic acids is 2. The Bertz CT molecular complexity index is 527. The molecule has 0 unspecified atom stereocenters. The molecule has 1 N–H and O–H groups in total. The van der Waals surface area contributed by atoms with Crippen molar-refractivity contribution in [3.8, 4) is 0 Å². The van der Waals surface area contributed by atoms with E-state index in [0.29, 0.717) is 25.0 Å². The van der Waals surface area contributed by atoms with Gasteiger partial charge in [-0.1, -0.05) is 62.3 Å². The van der Waals surface area contributed by atoms with Gasteiger partial charge >= 0.3 is 0 Å². The summed E-state index contributed by atoms with van der Waals surface area (Å²) in [5, 5.41) is 3.99. The summed E-state index contributed by atoms with van der Waals surface area (Å²) in [6.07, 6.45) is 13.7. The molecule has 0 aliphatic heterocycles. The number of carbonyl (C=O) groups is 2. The molecule has 1 aromatic heterocycles. The van der Waals surface area contributed by atoms with Crippen molar-refractivity contribution >= 4 is 33.3 Å². The SMILES string of the molecule is CCCCCCCNC(=O)CCCCCCC(=O)CCSSc1ccccn1. The largest absolute Gasteiger partial charge is 0.356 e. The molecule has 1 aromatic rings. The van der Waals surface area contributed by atoms with Crippen LogP contribution in [0.2, 0.25) is 0 Å². The standard InChI is InChI=1S/C22H36N2O2S2/c1-2-3-4-7-11-17-23-21(26)14-9-6-5-8-13-20(25)16-19-27-28-22-15-10-12-18-24-22/h10,12,15,18H,2-9,11,13-14,16-17,19H2,1H3,(H,23,26). The molecule has 1 heterocycles. The minimum absolute atomic E-state index is 0.175. The zero-order chi connectivity index (χ0) is 20.3. The van der Waals surface area contributed by atoms with Crippen molar-refractivity contribution in [1.82, 2.24) is 10.3 Å². The van der Waals surface area contributed by atoms with Crippen LogP contribution in [-0.4, -0.2) is 29.0 Å². The maximum absolute atomic E-state index is 11.9. The number of nitrogens with zero attached hydrogens (tertiary/aromatic N) is 1. The van der Waals surface area contributed by atoms with E-state index in [0.717, 1.165) is 49.4 Å². The van der Waals surface area contributed by atoms with Gasteiger partial charge in [-0.2, -0.15) is 0 Å². The van der Waals surface area contributed by atoms with Crippen LogP contribution in [-0.2, 0) is 9.59 Å². The maximum atomic E-state index is 11.9. The van der Waals surface area contributed by atoms with E-state index in [-0.39, 0.29) is 5.91 Å². The van der Waals surface area contributed by atoms with Crippen LogP contribution in [0.15, 0.2) is 29.4 Å². The van der Waals surface area contributed by atoms with E-state index in [1.165, 1.54) is 25.7 Å². The van der Waals surface area contributed by atoms with Gasteiger partial charge in [0.2, 0.25) is 5.91 Å². The van der Waals surface area contributed by atoms with Crippen LogP contribution in [0, 0.1) is 0 Å². The van der Waals surface area contributed by atoms with Crippen LogP contribution in [0.3, 0.4) is 0 Å². The molecule has 0 saturated carbocycles. The fourth-order valence-electron chi connectivity index (χ4n) is 2.78. The first-order valence-electron chi connectivity index (χ1n) is 10.7. The molecule has 0 fully saturated rings. The average Bonchev–Trinajstić information content (AvgIpc) is 2.71. The number of unbranched alkanes of at least 4 members (excludes halogenated alkanes) is 7. The van der Waals surface area contributed by atoms with Gasteiger partial charge in [0.05, 0.1) is 0 Å². The van der Waals surface area contributed by atoms with Gasteiger partial charge in [-0.25, -0.2) is 4.98 Å². The summed E-state index contributed by atoms with van der Waals surface area (Å²) in [5.74, 6) is 1.35. The second-order valence-electron chi connectivity index (χ2n) is 7.04. The number of ketones is 1. The highest BCUT2D eigenvalue weighted by molar-refractivity contribution is 8.76. The second-order valence-corrected chi connectivity index (χ2v) is 9.48. The first kappa shape index (κ1) is 25.0. The summed E-state index contributed by atoms with van der Waals surface area (Å²) in [4.78, 5) is 27.9. The van der Waals surface area contributed by atoms with Crippen molar-refractivity contribution in [1.29, 1.82) is 0 Å². The highest BCUT2D eigenvalue weighted by Gasteiger charge is 2.04. The zero-order valence-electron chi connectivity index (χ0n) is 17.3. The summed E-state index contributed by atoms with van der Waals surface area (Å²) in [5.41, 5.74) is 0. The van der Waals surface area contributed by atoms with E-state index in [1.807, 2.05) is 18.2 Å². The highest BCUT2D eigenvalue weighted by Crippen LogP contribution is 2.29. The first-order valence-corrected chi connectivity index (χ1v) is 13.0. The third-order valence-corrected chi connectivity index (χ3v) is 6.72. The normalized spacial score (nSPS) is 10.8. The number of amides is 1. The maximum Gasteiger partial charge on any atom is 0.219 e. The zero-order valence-corrected chi connectivity index (χ0v) is 18.9. The number of Topliss-reactive ketones (excluding diaryl/α,β-unsaturated/α-hetero) is 1. The molecule has 6 heteroatoms. The van der Waals surface area contributed by atoms with E-state index in [1.54, 1.807) is 27.8 Å². The summed E-state index contributed by atoms with van der Waals surface area (Å²) in [6, 6.07) is 5.85. The van der Waals surface area contributed by atoms with E-state index in [9.17, 15) is 9.59 Å². The van der Waals surface area contributed by atoms with Crippen LogP contribution >= 0.6 is 21.6 Å². The lowest BCUT2D eigenvalue weighted by atomic mass is 10.1. The Hall–Kier alpha value is -1.01. The lowest BCUT2D eigenvalue weighted by Gasteiger charge is -2.05. The van der Waals surface area contributed by atoms with Crippen molar-refractivity contribution < 1.29 is 9.59 Å². The smallest absolute Gasteiger partial charge is 0.219 e. The molecule has 1 rings (SSSR count). The van der Waals surface area contributed by atoms with Crippen LogP contribution < -0.4 is 5.32 Å². The van der Waals surface area contributed by atoms with Crippen LogP contribution in [0.5, 0.6) is 0 Å². The van der Waals surface area contributed by atoms with Gasteiger partial charge in [0.1, 0.15) is 10.8 Å². The van der Waals surface area contributed by atoms with Crippen LogP contribution in [0.1, 0.15) is 84.0 Å². The van der Waals surface area contributed by atoms with Crippen molar-refractivity contribution in [2.24, 2.45) is 0 Å². The fourth-order valence-corrected chi connectivity index (χ4v) is 4.70. The predicted octanol–water partition coefficient (Wildman–Crippen LogP) is 6.21. The summed E-state index contributed by atoms with van der Waals surface area (Å²) in [7, 11) is 3.31. The molecule has 0 radical (unpaired) electrons. The van der Waals surface area contributed by atoms with Crippen molar-refractivity contribution in [2.45, 2.75) is 89.0 Å². The lowest BCUT2D eigenvalue weighted by Crippen LogP contribution is -2.23. The Morgan fingerprint density at radius 3 is 2.43 bits per heavy atom. The molecule has 158 valence electrons. The van der Waals surface area contributed by atoms with Gasteiger partial charge in [0.25, 0.3) is 0 Å². The quantitative estimate of drug-likeness (QED) is 0.224. The molecule has 28 heavy (non-hydrogen) atoms. The molecule has 0 spiro atoms. The Labute approximate surface area is 178 Å². The molecule has 4 nitrogen and oxygen atoms in total. The molecular formula is C22H36N2O2S2. The third-order valence-electron chi connectivity index (χ3n) is 4.46. The number of nitrogens with one attached hydrogen (secondary N) is 1. The van der Waals surface area contributed by atoms with Crippen LogP contribution in [0.4, 0.5) is 0 Å². The summed E-state index contributed by atoms with van der Waals surface area (Å²) < 4.78 is 0. The Kier molecular flexibility index (Phi) is 16.1. The van der Waals surface area contributed by atoms with Crippen molar-refractivity contribution in [2.75, 3.05) is 12.3 Å². The lowest BCUT2D eigenvalue weighted by molar-refractivity contribution is -0.121. The van der Waals surface area contributed by atoms with Gasteiger partial charge in [-0.05, 0) is 42.2 Å². The van der Waals surface area contributed by atoms with Gasteiger partial charge in [0.15, 0.2) is 0 Å². The molecule has 0 saturated heterocycles. The number of rotatable bonds is 18. The van der Waals surface area contributed by atoms with E-state index < -0.39 is 0 Å². The van der Waals surface area contributed by atoms with Gasteiger partial charge in [-0.3, -0.25) is 9.59 Å². The van der Waals surface area contributed by atoms with Crippen molar-refractivity contribution in [3.05, 3.63) is 24.4 Å². The van der Waals surface area contributed by atoms with Crippen LogP contribution in [0.25, 0.3) is 0 Å². The fraction of sp³-hybridized carbons (Fsp3) is 0.682. The second kappa shape index (κ2) is 18.0.